The second-order valence-corrected chi connectivity index (χ2v) is 7.90. The molecule has 0 atom stereocenters. The van der Waals surface area contributed by atoms with E-state index in [1.807, 2.05) is 26.0 Å². The number of amides is 1. The number of sulfonamides is 1. The first-order valence-corrected chi connectivity index (χ1v) is 9.72. The number of carbonyl (C=O) groups excluding carboxylic acids is 1. The van der Waals surface area contributed by atoms with Gasteiger partial charge in [-0.1, -0.05) is 18.2 Å². The molecule has 2 rings (SSSR count). The molecule has 6 nitrogen and oxygen atoms in total. The highest BCUT2D eigenvalue weighted by Crippen LogP contribution is 2.25. The zero-order valence-corrected chi connectivity index (χ0v) is 16.2. The maximum atomic E-state index is 12.4. The lowest BCUT2D eigenvalue weighted by Gasteiger charge is -2.12. The molecule has 0 fully saturated rings. The average Bonchev–Trinajstić information content (AvgIpc) is 2.57. The lowest BCUT2D eigenvalue weighted by Crippen LogP contribution is -2.28. The molecule has 140 valence electrons. The summed E-state index contributed by atoms with van der Waals surface area (Å²) in [7, 11) is -2.13. The molecule has 2 N–H and O–H groups in total. The van der Waals surface area contributed by atoms with Crippen molar-refractivity contribution in [2.24, 2.45) is 0 Å². The molecule has 26 heavy (non-hydrogen) atoms. The highest BCUT2D eigenvalue weighted by molar-refractivity contribution is 7.89. The largest absolute Gasteiger partial charge is 0.495 e. The summed E-state index contributed by atoms with van der Waals surface area (Å²) < 4.78 is 32.6. The van der Waals surface area contributed by atoms with Gasteiger partial charge in [0.1, 0.15) is 5.75 Å². The average molecular weight is 376 g/mol. The molecule has 0 unspecified atom stereocenters. The Morgan fingerprint density at radius 1 is 1.04 bits per heavy atom. The summed E-state index contributed by atoms with van der Waals surface area (Å²) in [6, 6.07) is 10.7. The van der Waals surface area contributed by atoms with Crippen LogP contribution in [0, 0.1) is 20.8 Å². The van der Waals surface area contributed by atoms with Crippen LogP contribution < -0.4 is 14.8 Å². The molecule has 0 saturated carbocycles. The van der Waals surface area contributed by atoms with E-state index in [-0.39, 0.29) is 23.8 Å². The number of nitrogens with one attached hydrogen (secondary N) is 2. The number of hydrogen-bond donors (Lipinski definition) is 2. The molecule has 7 heteroatoms. The van der Waals surface area contributed by atoms with E-state index in [2.05, 4.69) is 10.0 Å². The summed E-state index contributed by atoms with van der Waals surface area (Å²) >= 11 is 0. The minimum atomic E-state index is -3.66. The zero-order valence-electron chi connectivity index (χ0n) is 15.4. The third-order valence-corrected chi connectivity index (χ3v) is 5.51. The maximum absolute atomic E-state index is 12.4. The van der Waals surface area contributed by atoms with E-state index in [9.17, 15) is 13.2 Å². The van der Waals surface area contributed by atoms with Gasteiger partial charge in [0.15, 0.2) is 0 Å². The molecule has 0 aliphatic rings. The SMILES string of the molecule is COc1ccc(C)cc1NC(=O)CCNS(=O)(=O)c1cc(C)ccc1C. The normalized spacial score (nSPS) is 11.2. The molecule has 0 aliphatic heterocycles. The summed E-state index contributed by atoms with van der Waals surface area (Å²) in [5.74, 6) is 0.262. The second kappa shape index (κ2) is 8.33. The summed E-state index contributed by atoms with van der Waals surface area (Å²) in [5.41, 5.74) is 3.07. The van der Waals surface area contributed by atoms with Gasteiger partial charge >= 0.3 is 0 Å². The molecule has 1 amide bonds. The Hall–Kier alpha value is -2.38. The van der Waals surface area contributed by atoms with Gasteiger partial charge in [0.2, 0.25) is 15.9 Å². The van der Waals surface area contributed by atoms with Gasteiger partial charge in [0.05, 0.1) is 17.7 Å². The van der Waals surface area contributed by atoms with Crippen molar-refractivity contribution in [1.82, 2.24) is 4.72 Å². The maximum Gasteiger partial charge on any atom is 0.240 e. The lowest BCUT2D eigenvalue weighted by molar-refractivity contribution is -0.116. The van der Waals surface area contributed by atoms with E-state index >= 15 is 0 Å². The summed E-state index contributed by atoms with van der Waals surface area (Å²) in [5, 5.41) is 2.75. The van der Waals surface area contributed by atoms with Crippen LogP contribution in [0.1, 0.15) is 23.1 Å². The molecule has 0 bridgehead atoms. The van der Waals surface area contributed by atoms with E-state index in [1.165, 1.54) is 7.11 Å². The molecule has 2 aromatic rings. The Morgan fingerprint density at radius 2 is 1.69 bits per heavy atom. The first-order valence-electron chi connectivity index (χ1n) is 8.24. The second-order valence-electron chi connectivity index (χ2n) is 6.17. The van der Waals surface area contributed by atoms with Gasteiger partial charge in [-0.25, -0.2) is 13.1 Å². The fourth-order valence-electron chi connectivity index (χ4n) is 2.51. The van der Waals surface area contributed by atoms with Gasteiger partial charge in [-0.05, 0) is 55.7 Å². The lowest BCUT2D eigenvalue weighted by atomic mass is 10.2. The third kappa shape index (κ3) is 5.06. The van der Waals surface area contributed by atoms with Gasteiger partial charge in [-0.15, -0.1) is 0 Å². The zero-order chi connectivity index (χ0) is 19.3. The van der Waals surface area contributed by atoms with Crippen LogP contribution >= 0.6 is 0 Å². The van der Waals surface area contributed by atoms with Crippen LogP contribution in [0.4, 0.5) is 5.69 Å². The van der Waals surface area contributed by atoms with E-state index in [4.69, 9.17) is 4.74 Å². The van der Waals surface area contributed by atoms with Crippen molar-refractivity contribution in [3.63, 3.8) is 0 Å². The van der Waals surface area contributed by atoms with Crippen molar-refractivity contribution in [3.05, 3.63) is 53.1 Å². The standard InChI is InChI=1S/C19H24N2O4S/c1-13-6-8-17(25-4)16(11-13)21-19(22)9-10-20-26(23,24)18-12-14(2)5-7-15(18)3/h5-8,11-12,20H,9-10H2,1-4H3,(H,21,22). The van der Waals surface area contributed by atoms with Crippen LogP contribution in [0.2, 0.25) is 0 Å². The van der Waals surface area contributed by atoms with Crippen molar-refractivity contribution in [1.29, 1.82) is 0 Å². The van der Waals surface area contributed by atoms with Crippen LogP contribution in [-0.4, -0.2) is 28.0 Å². The van der Waals surface area contributed by atoms with Gasteiger partial charge < -0.3 is 10.1 Å². The smallest absolute Gasteiger partial charge is 0.240 e. The Balaban J connectivity index is 1.98. The minimum Gasteiger partial charge on any atom is -0.495 e. The molecule has 0 aromatic heterocycles. The topological polar surface area (TPSA) is 84.5 Å². The van der Waals surface area contributed by atoms with E-state index in [1.54, 1.807) is 31.2 Å². The van der Waals surface area contributed by atoms with Gasteiger partial charge in [-0.2, -0.15) is 0 Å². The molecule has 0 saturated heterocycles. The Kier molecular flexibility index (Phi) is 6.39. The minimum absolute atomic E-state index is 0.00960. The van der Waals surface area contributed by atoms with Crippen molar-refractivity contribution < 1.29 is 17.9 Å². The van der Waals surface area contributed by atoms with Crippen molar-refractivity contribution >= 4 is 21.6 Å². The Bertz CT molecular complexity index is 908. The molecule has 0 aliphatic carbocycles. The fourth-order valence-corrected chi connectivity index (χ4v) is 3.86. The fraction of sp³-hybridized carbons (Fsp3) is 0.316. The van der Waals surface area contributed by atoms with Crippen LogP contribution in [-0.2, 0) is 14.8 Å². The highest BCUT2D eigenvalue weighted by atomic mass is 32.2. The monoisotopic (exact) mass is 376 g/mol. The molecule has 2 aromatic carbocycles. The number of rotatable bonds is 7. The third-order valence-electron chi connectivity index (χ3n) is 3.91. The van der Waals surface area contributed by atoms with Crippen LogP contribution in [0.3, 0.4) is 0 Å². The molecular formula is C19H24N2O4S. The Labute approximate surface area is 154 Å². The van der Waals surface area contributed by atoms with Crippen molar-refractivity contribution in [3.8, 4) is 5.75 Å². The molecule has 0 spiro atoms. The number of methoxy groups -OCH3 is 1. The number of ether oxygens (including phenoxy) is 1. The first-order chi connectivity index (χ1) is 12.2. The van der Waals surface area contributed by atoms with Crippen LogP contribution in [0.25, 0.3) is 0 Å². The Morgan fingerprint density at radius 3 is 2.38 bits per heavy atom. The number of aryl methyl sites for hydroxylation is 3. The number of carbonyl (C=O) groups is 1. The van der Waals surface area contributed by atoms with E-state index in [0.29, 0.717) is 17.0 Å². The number of benzene rings is 2. The van der Waals surface area contributed by atoms with E-state index < -0.39 is 10.0 Å². The summed E-state index contributed by atoms with van der Waals surface area (Å²) in [6.45, 7) is 5.49. The first kappa shape index (κ1) is 19.9. The van der Waals surface area contributed by atoms with Gasteiger partial charge in [0, 0.05) is 13.0 Å². The predicted molar refractivity (Wildman–Crippen MR) is 102 cm³/mol. The quantitative estimate of drug-likeness (QED) is 0.778. The summed E-state index contributed by atoms with van der Waals surface area (Å²) in [6.07, 6.45) is 0.0151. The van der Waals surface area contributed by atoms with E-state index in [0.717, 1.165) is 11.1 Å². The number of hydrogen-bond acceptors (Lipinski definition) is 4. The molecule has 0 radical (unpaired) electrons. The van der Waals surface area contributed by atoms with Crippen molar-refractivity contribution in [2.75, 3.05) is 19.0 Å². The van der Waals surface area contributed by atoms with Gasteiger partial charge in [0.25, 0.3) is 0 Å². The molecular weight excluding hydrogens is 352 g/mol. The van der Waals surface area contributed by atoms with Crippen molar-refractivity contribution in [2.45, 2.75) is 32.1 Å². The molecule has 0 heterocycles. The van der Waals surface area contributed by atoms with Gasteiger partial charge in [-0.3, -0.25) is 4.79 Å². The van der Waals surface area contributed by atoms with Crippen LogP contribution in [0.15, 0.2) is 41.3 Å². The highest BCUT2D eigenvalue weighted by Gasteiger charge is 2.17. The number of anilines is 1. The van der Waals surface area contributed by atoms with Crippen LogP contribution in [0.5, 0.6) is 5.75 Å². The summed E-state index contributed by atoms with van der Waals surface area (Å²) in [4.78, 5) is 12.4. The predicted octanol–water partition coefficient (Wildman–Crippen LogP) is 2.93.